The van der Waals surface area contributed by atoms with E-state index in [2.05, 4.69) is 24.1 Å². The van der Waals surface area contributed by atoms with Crippen LogP contribution in [-0.2, 0) is 13.0 Å². The van der Waals surface area contributed by atoms with Crippen LogP contribution in [0.4, 0.5) is 0 Å². The number of aryl methyl sites for hydroxylation is 1. The Hall–Kier alpha value is -1.59. The Bertz CT molecular complexity index is 569. The summed E-state index contributed by atoms with van der Waals surface area (Å²) in [6, 6.07) is 7.70. The first-order chi connectivity index (χ1) is 10.2. The number of ether oxygens (including phenoxy) is 2. The second kappa shape index (κ2) is 8.00. The minimum atomic E-state index is 0.605. The molecule has 2 rings (SSSR count). The van der Waals surface area contributed by atoms with E-state index in [1.807, 2.05) is 24.3 Å². The first kappa shape index (κ1) is 15.8. The van der Waals surface area contributed by atoms with E-state index in [-0.39, 0.29) is 0 Å². The predicted molar refractivity (Wildman–Crippen MR) is 86.4 cm³/mol. The Kier molecular flexibility index (Phi) is 6.02. The third-order valence-electron chi connectivity index (χ3n) is 3.12. The number of hydrogen-bond acceptors (Lipinski definition) is 5. The molecule has 5 heteroatoms. The molecule has 1 aromatic heterocycles. The number of nitrogens with zero attached hydrogens (tertiary/aromatic N) is 1. The van der Waals surface area contributed by atoms with E-state index in [9.17, 15) is 0 Å². The van der Waals surface area contributed by atoms with Gasteiger partial charge in [-0.05, 0) is 25.6 Å². The molecule has 0 aliphatic rings. The van der Waals surface area contributed by atoms with Crippen molar-refractivity contribution in [1.82, 2.24) is 10.3 Å². The minimum Gasteiger partial charge on any atom is -0.493 e. The molecule has 0 spiro atoms. The van der Waals surface area contributed by atoms with Crippen LogP contribution in [0.2, 0.25) is 0 Å². The van der Waals surface area contributed by atoms with Crippen LogP contribution in [-0.4, -0.2) is 25.2 Å². The van der Waals surface area contributed by atoms with Gasteiger partial charge < -0.3 is 14.8 Å². The highest BCUT2D eigenvalue weighted by atomic mass is 32.1. The molecule has 2 aromatic rings. The lowest BCUT2D eigenvalue weighted by Gasteiger charge is -2.09. The monoisotopic (exact) mass is 306 g/mol. The zero-order chi connectivity index (χ0) is 15.1. The van der Waals surface area contributed by atoms with E-state index in [0.29, 0.717) is 6.61 Å². The van der Waals surface area contributed by atoms with Crippen LogP contribution in [0.5, 0.6) is 11.5 Å². The molecule has 0 fully saturated rings. The Labute approximate surface area is 130 Å². The third kappa shape index (κ3) is 4.44. The predicted octanol–water partition coefficient (Wildman–Crippen LogP) is 3.19. The first-order valence-corrected chi connectivity index (χ1v) is 7.98. The molecule has 21 heavy (non-hydrogen) atoms. The highest BCUT2D eigenvalue weighted by Gasteiger charge is 2.08. The van der Waals surface area contributed by atoms with Gasteiger partial charge in [0.1, 0.15) is 0 Å². The van der Waals surface area contributed by atoms with Gasteiger partial charge in [0.2, 0.25) is 0 Å². The molecular weight excluding hydrogens is 284 g/mol. The largest absolute Gasteiger partial charge is 0.493 e. The summed E-state index contributed by atoms with van der Waals surface area (Å²) >= 11 is 1.76. The van der Waals surface area contributed by atoms with E-state index < -0.39 is 0 Å². The molecule has 0 radical (unpaired) electrons. The Morgan fingerprint density at radius 3 is 2.71 bits per heavy atom. The summed E-state index contributed by atoms with van der Waals surface area (Å²) in [5.74, 6) is 1.54. The number of methoxy groups -OCH3 is 1. The fraction of sp³-hybridized carbons (Fsp3) is 0.438. The zero-order valence-electron chi connectivity index (χ0n) is 12.8. The van der Waals surface area contributed by atoms with Crippen molar-refractivity contribution < 1.29 is 9.47 Å². The molecule has 0 bridgehead atoms. The number of aromatic nitrogens is 1. The standard InChI is InChI=1S/C16H22N2O2S/c1-4-17-11-15-12(2)18-16(21-15)9-10-20-14-8-6-5-7-13(14)19-3/h5-8,17H,4,9-11H2,1-3H3. The van der Waals surface area contributed by atoms with Gasteiger partial charge in [-0.2, -0.15) is 0 Å². The van der Waals surface area contributed by atoms with Gasteiger partial charge in [0.05, 0.1) is 24.4 Å². The second-order valence-corrected chi connectivity index (χ2v) is 5.81. The van der Waals surface area contributed by atoms with Gasteiger partial charge in [-0.15, -0.1) is 11.3 Å². The highest BCUT2D eigenvalue weighted by Crippen LogP contribution is 2.26. The van der Waals surface area contributed by atoms with Gasteiger partial charge in [0, 0.05) is 17.8 Å². The van der Waals surface area contributed by atoms with E-state index in [1.54, 1.807) is 18.4 Å². The molecule has 0 amide bonds. The van der Waals surface area contributed by atoms with Gasteiger partial charge in [-0.3, -0.25) is 0 Å². The summed E-state index contributed by atoms with van der Waals surface area (Å²) < 4.78 is 11.1. The lowest BCUT2D eigenvalue weighted by molar-refractivity contribution is 0.297. The van der Waals surface area contributed by atoms with Crippen LogP contribution < -0.4 is 14.8 Å². The van der Waals surface area contributed by atoms with E-state index in [4.69, 9.17) is 9.47 Å². The summed E-state index contributed by atoms with van der Waals surface area (Å²) in [6.45, 7) is 6.65. The van der Waals surface area contributed by atoms with Crippen LogP contribution in [0.25, 0.3) is 0 Å². The Morgan fingerprint density at radius 1 is 1.24 bits per heavy atom. The lowest BCUT2D eigenvalue weighted by atomic mass is 10.3. The highest BCUT2D eigenvalue weighted by molar-refractivity contribution is 7.11. The maximum absolute atomic E-state index is 5.79. The van der Waals surface area contributed by atoms with E-state index >= 15 is 0 Å². The van der Waals surface area contributed by atoms with Crippen molar-refractivity contribution in [2.45, 2.75) is 26.8 Å². The maximum atomic E-state index is 5.79. The third-order valence-corrected chi connectivity index (χ3v) is 4.33. The summed E-state index contributed by atoms with van der Waals surface area (Å²) in [6.07, 6.45) is 0.815. The van der Waals surface area contributed by atoms with Crippen molar-refractivity contribution in [3.05, 3.63) is 39.8 Å². The SMILES string of the molecule is CCNCc1sc(CCOc2ccccc2OC)nc1C. The van der Waals surface area contributed by atoms with Crippen molar-refractivity contribution in [1.29, 1.82) is 0 Å². The molecule has 0 saturated carbocycles. The number of rotatable bonds is 8. The van der Waals surface area contributed by atoms with Crippen molar-refractivity contribution in [3.63, 3.8) is 0 Å². The van der Waals surface area contributed by atoms with Gasteiger partial charge in [-0.1, -0.05) is 19.1 Å². The molecule has 1 heterocycles. The average molecular weight is 306 g/mol. The molecule has 0 aliphatic heterocycles. The fourth-order valence-electron chi connectivity index (χ4n) is 1.98. The molecule has 0 saturated heterocycles. The normalized spacial score (nSPS) is 10.6. The number of para-hydroxylation sites is 2. The van der Waals surface area contributed by atoms with Crippen LogP contribution in [0.3, 0.4) is 0 Å². The average Bonchev–Trinajstić information content (AvgIpc) is 2.85. The van der Waals surface area contributed by atoms with Crippen LogP contribution in [0, 0.1) is 6.92 Å². The summed E-state index contributed by atoms with van der Waals surface area (Å²) in [4.78, 5) is 5.91. The van der Waals surface area contributed by atoms with Gasteiger partial charge in [0.15, 0.2) is 11.5 Å². The lowest BCUT2D eigenvalue weighted by Crippen LogP contribution is -2.11. The van der Waals surface area contributed by atoms with Crippen molar-refractivity contribution in [2.75, 3.05) is 20.3 Å². The molecule has 0 atom stereocenters. The maximum Gasteiger partial charge on any atom is 0.161 e. The smallest absolute Gasteiger partial charge is 0.161 e. The summed E-state index contributed by atoms with van der Waals surface area (Å²) in [7, 11) is 1.65. The topological polar surface area (TPSA) is 43.4 Å². The van der Waals surface area contributed by atoms with E-state index in [1.165, 1.54) is 4.88 Å². The van der Waals surface area contributed by atoms with Crippen LogP contribution >= 0.6 is 11.3 Å². The fourth-order valence-corrected chi connectivity index (χ4v) is 3.00. The van der Waals surface area contributed by atoms with Crippen LogP contribution in [0.1, 0.15) is 22.5 Å². The molecule has 1 aromatic carbocycles. The minimum absolute atomic E-state index is 0.605. The molecule has 0 unspecified atom stereocenters. The zero-order valence-corrected chi connectivity index (χ0v) is 13.6. The second-order valence-electron chi connectivity index (χ2n) is 4.65. The molecule has 1 N–H and O–H groups in total. The van der Waals surface area contributed by atoms with Crippen molar-refractivity contribution in [3.8, 4) is 11.5 Å². The van der Waals surface area contributed by atoms with Gasteiger partial charge in [-0.25, -0.2) is 4.98 Å². The number of thiazole rings is 1. The summed E-state index contributed by atoms with van der Waals surface area (Å²) in [5.41, 5.74) is 1.12. The quantitative estimate of drug-likeness (QED) is 0.813. The van der Waals surface area contributed by atoms with Crippen molar-refractivity contribution >= 4 is 11.3 Å². The number of nitrogens with one attached hydrogen (secondary N) is 1. The Balaban J connectivity index is 1.88. The summed E-state index contributed by atoms with van der Waals surface area (Å²) in [5, 5.41) is 4.46. The van der Waals surface area contributed by atoms with E-state index in [0.717, 1.165) is 41.7 Å². The molecule has 0 aliphatic carbocycles. The molecular formula is C16H22N2O2S. The number of hydrogen-bond donors (Lipinski definition) is 1. The van der Waals surface area contributed by atoms with Gasteiger partial charge >= 0.3 is 0 Å². The van der Waals surface area contributed by atoms with Crippen LogP contribution in [0.15, 0.2) is 24.3 Å². The Morgan fingerprint density at radius 2 is 2.00 bits per heavy atom. The molecule has 4 nitrogen and oxygen atoms in total. The van der Waals surface area contributed by atoms with Gasteiger partial charge in [0.25, 0.3) is 0 Å². The first-order valence-electron chi connectivity index (χ1n) is 7.16. The number of benzene rings is 1. The van der Waals surface area contributed by atoms with Crippen molar-refractivity contribution in [2.24, 2.45) is 0 Å². The molecule has 114 valence electrons.